The number of hydrogen-bond acceptors (Lipinski definition) is 4. The van der Waals surface area contributed by atoms with Crippen LogP contribution in [0.4, 0.5) is 0 Å². The van der Waals surface area contributed by atoms with Gasteiger partial charge in [0, 0.05) is 33.6 Å². The summed E-state index contributed by atoms with van der Waals surface area (Å²) in [6, 6.07) is 50.8. The summed E-state index contributed by atoms with van der Waals surface area (Å²) in [6.45, 7) is 4.00. The first-order valence-electron chi connectivity index (χ1n) is 15.5. The molecule has 0 bridgehead atoms. The van der Waals surface area contributed by atoms with Gasteiger partial charge in [-0.1, -0.05) is 121 Å². The van der Waals surface area contributed by atoms with Crippen molar-refractivity contribution in [3.8, 4) is 56.4 Å². The molecule has 8 aromatic rings. The monoisotopic (exact) mass is 590 g/mol. The van der Waals surface area contributed by atoms with E-state index in [1.807, 2.05) is 26.0 Å². The molecule has 0 aliphatic carbocycles. The van der Waals surface area contributed by atoms with Crippen LogP contribution in [0.25, 0.3) is 78.0 Å². The Balaban J connectivity index is 1.25. The summed E-state index contributed by atoms with van der Waals surface area (Å²) in [5.74, 6) is 1.39. The maximum absolute atomic E-state index is 5.13. The summed E-state index contributed by atoms with van der Waals surface area (Å²) in [7, 11) is 0. The van der Waals surface area contributed by atoms with Gasteiger partial charge in [0.25, 0.3) is 0 Å². The number of aromatic nitrogens is 4. The number of aryl methyl sites for hydroxylation is 2. The van der Waals surface area contributed by atoms with E-state index in [0.717, 1.165) is 50.6 Å². The quantitative estimate of drug-likeness (QED) is 0.200. The van der Waals surface area contributed by atoms with Crippen LogP contribution in [0.2, 0.25) is 0 Å². The summed E-state index contributed by atoms with van der Waals surface area (Å²) < 4.78 is 0. The Hall–Kier alpha value is -6.00. The number of fused-ring (bicyclic) bond motifs is 2. The molecule has 0 N–H and O–H groups in total. The minimum absolute atomic E-state index is 0.679. The normalized spacial score (nSPS) is 11.3. The van der Waals surface area contributed by atoms with E-state index in [9.17, 15) is 0 Å². The van der Waals surface area contributed by atoms with Crippen LogP contribution in [0.15, 0.2) is 146 Å². The predicted octanol–water partition coefficient (Wildman–Crippen LogP) is 10.5. The molecule has 0 unspecified atom stereocenters. The van der Waals surface area contributed by atoms with Crippen molar-refractivity contribution < 1.29 is 0 Å². The van der Waals surface area contributed by atoms with Gasteiger partial charge >= 0.3 is 0 Å². The van der Waals surface area contributed by atoms with Gasteiger partial charge in [-0.05, 0) is 70.8 Å². The van der Waals surface area contributed by atoms with Crippen molar-refractivity contribution >= 4 is 21.5 Å². The van der Waals surface area contributed by atoms with Gasteiger partial charge in [0.2, 0.25) is 0 Å². The van der Waals surface area contributed by atoms with Crippen LogP contribution in [-0.4, -0.2) is 19.9 Å². The van der Waals surface area contributed by atoms with Crippen molar-refractivity contribution in [3.05, 3.63) is 157 Å². The van der Waals surface area contributed by atoms with Crippen LogP contribution in [0, 0.1) is 13.8 Å². The molecule has 4 heteroatoms. The van der Waals surface area contributed by atoms with E-state index in [1.165, 1.54) is 27.1 Å². The SMILES string of the molecule is Cc1cc(C)nc(-c2cccc(-c3cc(-c4ccc5ccccc5c4)nc(-c4ccc(-c5cccc6ccccc56)cc4)n3)c2)n1. The standard InChI is InChI=1S/C42H30N4/c1-27-23-28(2)44-42(43-27)36-14-7-13-34(25-36)39-26-40(35-22-17-29-9-3-4-11-33(29)24-35)46-41(45-39)32-20-18-31(19-21-32)38-16-8-12-30-10-5-6-15-37(30)38/h3-26H,1-2H3. The van der Waals surface area contributed by atoms with Crippen LogP contribution in [0.1, 0.15) is 11.4 Å². The van der Waals surface area contributed by atoms with E-state index in [4.69, 9.17) is 19.9 Å². The molecule has 4 nitrogen and oxygen atoms in total. The highest BCUT2D eigenvalue weighted by Gasteiger charge is 2.14. The molecule has 0 amide bonds. The summed E-state index contributed by atoms with van der Waals surface area (Å²) in [4.78, 5) is 19.7. The number of hydrogen-bond donors (Lipinski definition) is 0. The smallest absolute Gasteiger partial charge is 0.160 e. The van der Waals surface area contributed by atoms with Gasteiger partial charge in [0.15, 0.2) is 11.6 Å². The van der Waals surface area contributed by atoms with Gasteiger partial charge in [-0.15, -0.1) is 0 Å². The largest absolute Gasteiger partial charge is 0.233 e. The molecular weight excluding hydrogens is 560 g/mol. The van der Waals surface area contributed by atoms with Crippen LogP contribution in [0.3, 0.4) is 0 Å². The highest BCUT2D eigenvalue weighted by molar-refractivity contribution is 5.97. The third-order valence-corrected chi connectivity index (χ3v) is 8.41. The van der Waals surface area contributed by atoms with Gasteiger partial charge in [-0.2, -0.15) is 0 Å². The average Bonchev–Trinajstić information content (AvgIpc) is 3.11. The highest BCUT2D eigenvalue weighted by atomic mass is 14.9. The lowest BCUT2D eigenvalue weighted by molar-refractivity contribution is 1.06. The van der Waals surface area contributed by atoms with E-state index < -0.39 is 0 Å². The zero-order valence-corrected chi connectivity index (χ0v) is 25.6. The lowest BCUT2D eigenvalue weighted by Crippen LogP contribution is -1.97. The molecule has 0 saturated heterocycles. The lowest BCUT2D eigenvalue weighted by atomic mass is 9.97. The molecule has 218 valence electrons. The predicted molar refractivity (Wildman–Crippen MR) is 189 cm³/mol. The van der Waals surface area contributed by atoms with Crippen molar-refractivity contribution in [1.82, 2.24) is 19.9 Å². The van der Waals surface area contributed by atoms with Gasteiger partial charge in [-0.3, -0.25) is 0 Å². The summed E-state index contributed by atoms with van der Waals surface area (Å²) >= 11 is 0. The first kappa shape index (κ1) is 27.5. The van der Waals surface area contributed by atoms with Crippen molar-refractivity contribution in [1.29, 1.82) is 0 Å². The molecule has 0 saturated carbocycles. The third kappa shape index (κ3) is 5.31. The average molecular weight is 591 g/mol. The molecule has 2 heterocycles. The Morgan fingerprint density at radius 1 is 0.348 bits per heavy atom. The first-order valence-corrected chi connectivity index (χ1v) is 15.5. The van der Waals surface area contributed by atoms with Crippen LogP contribution >= 0.6 is 0 Å². The maximum Gasteiger partial charge on any atom is 0.160 e. The third-order valence-electron chi connectivity index (χ3n) is 8.41. The molecule has 0 radical (unpaired) electrons. The second-order valence-corrected chi connectivity index (χ2v) is 11.7. The van der Waals surface area contributed by atoms with Gasteiger partial charge in [-0.25, -0.2) is 19.9 Å². The fourth-order valence-electron chi connectivity index (χ4n) is 6.17. The molecule has 0 aliphatic heterocycles. The second kappa shape index (κ2) is 11.5. The van der Waals surface area contributed by atoms with Gasteiger partial charge < -0.3 is 0 Å². The Labute approximate surface area is 268 Å². The Morgan fingerprint density at radius 3 is 1.70 bits per heavy atom. The Morgan fingerprint density at radius 2 is 0.913 bits per heavy atom. The minimum atomic E-state index is 0.679. The van der Waals surface area contributed by atoms with Crippen molar-refractivity contribution in [2.24, 2.45) is 0 Å². The van der Waals surface area contributed by atoms with Crippen molar-refractivity contribution in [2.45, 2.75) is 13.8 Å². The fraction of sp³-hybridized carbons (Fsp3) is 0.0476. The van der Waals surface area contributed by atoms with Crippen LogP contribution < -0.4 is 0 Å². The number of rotatable bonds is 5. The van der Waals surface area contributed by atoms with Gasteiger partial charge in [0.05, 0.1) is 11.4 Å². The Bertz CT molecular complexity index is 2370. The van der Waals surface area contributed by atoms with Crippen LogP contribution in [-0.2, 0) is 0 Å². The van der Waals surface area contributed by atoms with Crippen molar-refractivity contribution in [2.75, 3.05) is 0 Å². The molecule has 2 aromatic heterocycles. The highest BCUT2D eigenvalue weighted by Crippen LogP contribution is 2.33. The molecule has 0 spiro atoms. The molecule has 0 aliphatic rings. The topological polar surface area (TPSA) is 51.6 Å². The fourth-order valence-corrected chi connectivity index (χ4v) is 6.17. The van der Waals surface area contributed by atoms with E-state index in [2.05, 4.69) is 133 Å². The molecule has 0 atom stereocenters. The molecule has 46 heavy (non-hydrogen) atoms. The van der Waals surface area contributed by atoms with Gasteiger partial charge in [0.1, 0.15) is 0 Å². The molecular formula is C42H30N4. The number of nitrogens with zero attached hydrogens (tertiary/aromatic N) is 4. The molecule has 0 fully saturated rings. The number of benzene rings is 6. The van der Waals surface area contributed by atoms with E-state index in [-0.39, 0.29) is 0 Å². The zero-order valence-electron chi connectivity index (χ0n) is 25.6. The minimum Gasteiger partial charge on any atom is -0.233 e. The second-order valence-electron chi connectivity index (χ2n) is 11.7. The summed E-state index contributed by atoms with van der Waals surface area (Å²) in [5.41, 5.74) is 9.93. The van der Waals surface area contributed by atoms with Crippen LogP contribution in [0.5, 0.6) is 0 Å². The van der Waals surface area contributed by atoms with Crippen molar-refractivity contribution in [3.63, 3.8) is 0 Å². The zero-order chi connectivity index (χ0) is 31.0. The van der Waals surface area contributed by atoms with E-state index >= 15 is 0 Å². The lowest BCUT2D eigenvalue weighted by Gasteiger charge is -2.12. The van der Waals surface area contributed by atoms with E-state index in [1.54, 1.807) is 0 Å². The van der Waals surface area contributed by atoms with E-state index in [0.29, 0.717) is 11.6 Å². The summed E-state index contributed by atoms with van der Waals surface area (Å²) in [6.07, 6.45) is 0. The molecule has 8 rings (SSSR count). The first-order chi connectivity index (χ1) is 22.6. The summed E-state index contributed by atoms with van der Waals surface area (Å²) in [5, 5.41) is 4.84. The molecule has 6 aromatic carbocycles. The Kier molecular flexibility index (Phi) is 6.88. The maximum atomic E-state index is 5.13.